The first-order chi connectivity index (χ1) is 13.2. The van der Waals surface area contributed by atoms with Crippen molar-refractivity contribution in [3.8, 4) is 0 Å². The largest absolute Gasteiger partial charge is 0.386 e. The average molecular weight is 386 g/mol. The highest BCUT2D eigenvalue weighted by molar-refractivity contribution is 6.08. The highest BCUT2D eigenvalue weighted by atomic mass is 19.1. The van der Waals surface area contributed by atoms with E-state index in [4.69, 9.17) is 0 Å². The van der Waals surface area contributed by atoms with E-state index in [0.29, 0.717) is 17.2 Å². The van der Waals surface area contributed by atoms with Crippen molar-refractivity contribution in [1.82, 2.24) is 9.47 Å². The van der Waals surface area contributed by atoms with Crippen LogP contribution >= 0.6 is 0 Å². The Morgan fingerprint density at radius 2 is 1.64 bits per heavy atom. The molecule has 4 rings (SSSR count). The van der Waals surface area contributed by atoms with Gasteiger partial charge in [-0.3, -0.25) is 4.79 Å². The molecule has 1 fully saturated rings. The molecule has 1 aliphatic heterocycles. The minimum absolute atomic E-state index is 0.0605. The van der Waals surface area contributed by atoms with Crippen LogP contribution in [0.4, 0.5) is 8.78 Å². The molecule has 0 aliphatic carbocycles. The number of amides is 1. The molecular weight excluding hydrogens is 362 g/mol. The van der Waals surface area contributed by atoms with Gasteiger partial charge in [-0.1, -0.05) is 0 Å². The van der Waals surface area contributed by atoms with Crippen LogP contribution < -0.4 is 0 Å². The normalized spacial score (nSPS) is 20.1. The topological polar surface area (TPSA) is 45.5 Å². The van der Waals surface area contributed by atoms with E-state index in [-0.39, 0.29) is 25.0 Å². The number of likely N-dealkylation sites (tertiary alicyclic amines) is 1. The van der Waals surface area contributed by atoms with Crippen LogP contribution in [0.3, 0.4) is 0 Å². The van der Waals surface area contributed by atoms with Crippen molar-refractivity contribution in [2.75, 3.05) is 6.54 Å². The number of β-amino-alcohol motifs (C(OH)–C–C–N with tert-alkyl or cyclic N) is 1. The van der Waals surface area contributed by atoms with Crippen molar-refractivity contribution in [2.45, 2.75) is 51.3 Å². The number of rotatable bonds is 4. The highest BCUT2D eigenvalue weighted by Crippen LogP contribution is 2.32. The van der Waals surface area contributed by atoms with Crippen molar-refractivity contribution in [2.24, 2.45) is 0 Å². The van der Waals surface area contributed by atoms with Gasteiger partial charge in [-0.05, 0) is 63.1 Å². The van der Waals surface area contributed by atoms with Crippen LogP contribution in [0, 0.1) is 11.6 Å². The Morgan fingerprint density at radius 3 is 2.18 bits per heavy atom. The maximum Gasteiger partial charge on any atom is 0.222 e. The summed E-state index contributed by atoms with van der Waals surface area (Å²) < 4.78 is 29.5. The zero-order chi connectivity index (χ0) is 20.1. The van der Waals surface area contributed by atoms with E-state index in [0.717, 1.165) is 23.9 Å². The van der Waals surface area contributed by atoms with Crippen molar-refractivity contribution in [3.63, 3.8) is 0 Å². The zero-order valence-corrected chi connectivity index (χ0v) is 16.1. The molecule has 148 valence electrons. The van der Waals surface area contributed by atoms with Gasteiger partial charge in [-0.25, -0.2) is 8.78 Å². The maximum atomic E-state index is 13.8. The second-order valence-corrected chi connectivity index (χ2v) is 8.17. The molecule has 28 heavy (non-hydrogen) atoms. The number of halogens is 2. The number of benzene rings is 2. The summed E-state index contributed by atoms with van der Waals surface area (Å²) in [7, 11) is 0. The van der Waals surface area contributed by atoms with Crippen LogP contribution in [0.1, 0.15) is 33.1 Å². The van der Waals surface area contributed by atoms with E-state index in [1.54, 1.807) is 24.0 Å². The van der Waals surface area contributed by atoms with Gasteiger partial charge < -0.3 is 14.6 Å². The molecule has 2 unspecified atom stereocenters. The lowest BCUT2D eigenvalue weighted by atomic mass is 9.98. The molecule has 2 heterocycles. The first-order valence-corrected chi connectivity index (χ1v) is 9.64. The fourth-order valence-corrected chi connectivity index (χ4v) is 4.31. The van der Waals surface area contributed by atoms with Crippen molar-refractivity contribution >= 4 is 27.7 Å². The first kappa shape index (κ1) is 18.9. The Morgan fingerprint density at radius 1 is 1.07 bits per heavy atom. The van der Waals surface area contributed by atoms with Gasteiger partial charge in [0.1, 0.15) is 11.6 Å². The maximum absolute atomic E-state index is 13.8. The summed E-state index contributed by atoms with van der Waals surface area (Å²) in [4.78, 5) is 14.1. The number of aromatic nitrogens is 1. The third kappa shape index (κ3) is 3.37. The molecule has 0 spiro atoms. The molecule has 0 saturated carbocycles. The van der Waals surface area contributed by atoms with Crippen molar-refractivity contribution in [3.05, 3.63) is 48.0 Å². The predicted octanol–water partition coefficient (Wildman–Crippen LogP) is 4.22. The smallest absolute Gasteiger partial charge is 0.222 e. The quantitative estimate of drug-likeness (QED) is 0.730. The predicted molar refractivity (Wildman–Crippen MR) is 105 cm³/mol. The SMILES string of the molecule is CC1CCCC(=O)N1CC(C)(O)Cn1c2ccc(F)cc2c2cc(F)ccc21. The summed E-state index contributed by atoms with van der Waals surface area (Å²) in [5, 5.41) is 12.3. The molecule has 1 saturated heterocycles. The molecule has 2 atom stereocenters. The Labute approximate surface area is 162 Å². The Hall–Kier alpha value is -2.47. The van der Waals surface area contributed by atoms with Gasteiger partial charge in [0.15, 0.2) is 0 Å². The second-order valence-electron chi connectivity index (χ2n) is 8.17. The summed E-state index contributed by atoms with van der Waals surface area (Å²) >= 11 is 0. The Kier molecular flexibility index (Phi) is 4.62. The van der Waals surface area contributed by atoms with Crippen LogP contribution in [0.5, 0.6) is 0 Å². The lowest BCUT2D eigenvalue weighted by Gasteiger charge is -2.38. The van der Waals surface area contributed by atoms with Gasteiger partial charge in [-0.15, -0.1) is 0 Å². The lowest BCUT2D eigenvalue weighted by Crippen LogP contribution is -2.51. The third-order valence-corrected chi connectivity index (χ3v) is 5.66. The van der Waals surface area contributed by atoms with Crippen molar-refractivity contribution in [1.29, 1.82) is 0 Å². The Bertz CT molecular complexity index is 998. The highest BCUT2D eigenvalue weighted by Gasteiger charge is 2.33. The summed E-state index contributed by atoms with van der Waals surface area (Å²) in [5.41, 5.74) is 0.253. The lowest BCUT2D eigenvalue weighted by molar-refractivity contribution is -0.140. The minimum Gasteiger partial charge on any atom is -0.386 e. The number of nitrogens with zero attached hydrogens (tertiary/aromatic N) is 2. The molecule has 4 nitrogen and oxygen atoms in total. The molecule has 1 amide bonds. The van der Waals surface area contributed by atoms with E-state index in [2.05, 4.69) is 0 Å². The molecular formula is C22H24F2N2O2. The molecule has 0 bridgehead atoms. The van der Waals surface area contributed by atoms with E-state index >= 15 is 0 Å². The number of carbonyl (C=O) groups is 1. The molecule has 2 aromatic carbocycles. The summed E-state index contributed by atoms with van der Waals surface area (Å²) in [6.07, 6.45) is 2.31. The second kappa shape index (κ2) is 6.85. The fraction of sp³-hybridized carbons (Fsp3) is 0.409. The summed E-state index contributed by atoms with van der Waals surface area (Å²) in [6.45, 7) is 4.13. The van der Waals surface area contributed by atoms with Crippen LogP contribution in [-0.2, 0) is 11.3 Å². The van der Waals surface area contributed by atoms with Gasteiger partial charge in [-0.2, -0.15) is 0 Å². The molecule has 1 N–H and O–H groups in total. The molecule has 3 aromatic rings. The van der Waals surface area contributed by atoms with Gasteiger partial charge in [0, 0.05) is 34.3 Å². The van der Waals surface area contributed by atoms with Crippen LogP contribution in [0.15, 0.2) is 36.4 Å². The van der Waals surface area contributed by atoms with E-state index in [1.165, 1.54) is 24.3 Å². The third-order valence-electron chi connectivity index (χ3n) is 5.66. The first-order valence-electron chi connectivity index (χ1n) is 9.64. The van der Waals surface area contributed by atoms with Crippen molar-refractivity contribution < 1.29 is 18.7 Å². The standard InChI is InChI=1S/C22H24F2N2O2/c1-14-4-3-5-21(27)25(14)12-22(2,28)13-26-19-8-6-15(23)10-17(19)18-11-16(24)7-9-20(18)26/h6-11,14,28H,3-5,12-13H2,1-2H3. The van der Waals surface area contributed by atoms with Crippen LogP contribution in [-0.4, -0.2) is 38.7 Å². The molecule has 1 aromatic heterocycles. The molecule has 0 radical (unpaired) electrons. The van der Waals surface area contributed by atoms with Gasteiger partial charge >= 0.3 is 0 Å². The number of hydrogen-bond donors (Lipinski definition) is 1. The minimum atomic E-state index is -1.19. The number of carbonyl (C=O) groups excluding carboxylic acids is 1. The summed E-state index contributed by atoms with van der Waals surface area (Å²) in [6, 6.07) is 8.88. The molecule has 6 heteroatoms. The van der Waals surface area contributed by atoms with E-state index in [9.17, 15) is 18.7 Å². The zero-order valence-electron chi connectivity index (χ0n) is 16.1. The van der Waals surface area contributed by atoms with Gasteiger partial charge in [0.05, 0.1) is 18.7 Å². The fourth-order valence-electron chi connectivity index (χ4n) is 4.31. The number of hydrogen-bond acceptors (Lipinski definition) is 2. The number of aliphatic hydroxyl groups is 1. The van der Waals surface area contributed by atoms with Gasteiger partial charge in [0.25, 0.3) is 0 Å². The molecule has 1 aliphatic rings. The number of piperidine rings is 1. The van der Waals surface area contributed by atoms with Crippen LogP contribution in [0.25, 0.3) is 21.8 Å². The van der Waals surface area contributed by atoms with Crippen LogP contribution in [0.2, 0.25) is 0 Å². The monoisotopic (exact) mass is 386 g/mol. The Balaban J connectivity index is 1.74. The van der Waals surface area contributed by atoms with E-state index < -0.39 is 17.2 Å². The number of fused-ring (bicyclic) bond motifs is 3. The summed E-state index contributed by atoms with van der Waals surface area (Å²) in [5.74, 6) is -0.726. The average Bonchev–Trinajstić information content (AvgIpc) is 2.90. The van der Waals surface area contributed by atoms with E-state index in [1.807, 2.05) is 11.5 Å². The van der Waals surface area contributed by atoms with Gasteiger partial charge in [0.2, 0.25) is 5.91 Å².